The van der Waals surface area contributed by atoms with Crippen LogP contribution in [0.2, 0.25) is 0 Å². The maximum Gasteiger partial charge on any atom is 0.222 e. The standard InChI is InChI=1S/C16H19N5O2/c1-20-6-8-21(9-7-20)15-14-13(18-16(17)19-15)12-10(22-2)4-3-5-11(12)23-14/h3-5H,6-9H2,1-2H3,(H2,17,18,19). The van der Waals surface area contributed by atoms with Crippen LogP contribution in [0.1, 0.15) is 0 Å². The average Bonchev–Trinajstić information content (AvgIpc) is 2.93. The number of aromatic nitrogens is 2. The lowest BCUT2D eigenvalue weighted by Crippen LogP contribution is -2.44. The van der Waals surface area contributed by atoms with E-state index >= 15 is 0 Å². The van der Waals surface area contributed by atoms with Gasteiger partial charge in [-0.05, 0) is 19.2 Å². The Labute approximate surface area is 133 Å². The van der Waals surface area contributed by atoms with Crippen molar-refractivity contribution in [2.45, 2.75) is 0 Å². The second kappa shape index (κ2) is 5.27. The number of fused-ring (bicyclic) bond motifs is 3. The van der Waals surface area contributed by atoms with E-state index in [4.69, 9.17) is 14.9 Å². The van der Waals surface area contributed by atoms with Crippen molar-refractivity contribution in [3.05, 3.63) is 18.2 Å². The number of methoxy groups -OCH3 is 1. The Balaban J connectivity index is 1.95. The minimum Gasteiger partial charge on any atom is -0.496 e. The zero-order valence-corrected chi connectivity index (χ0v) is 13.2. The highest BCUT2D eigenvalue weighted by atomic mass is 16.5. The Bertz CT molecular complexity index is 868. The van der Waals surface area contributed by atoms with Gasteiger partial charge in [-0.15, -0.1) is 0 Å². The predicted molar refractivity (Wildman–Crippen MR) is 90.0 cm³/mol. The molecule has 1 aromatic carbocycles. The molecule has 23 heavy (non-hydrogen) atoms. The monoisotopic (exact) mass is 313 g/mol. The molecule has 1 saturated heterocycles. The molecule has 7 nitrogen and oxygen atoms in total. The fourth-order valence-corrected chi connectivity index (χ4v) is 3.06. The quantitative estimate of drug-likeness (QED) is 0.771. The highest BCUT2D eigenvalue weighted by Gasteiger charge is 2.23. The molecule has 2 aromatic heterocycles. The van der Waals surface area contributed by atoms with Crippen LogP contribution in [0.4, 0.5) is 11.8 Å². The number of nitrogen functional groups attached to an aromatic ring is 1. The molecule has 0 saturated carbocycles. The van der Waals surface area contributed by atoms with Gasteiger partial charge in [-0.25, -0.2) is 4.98 Å². The van der Waals surface area contributed by atoms with Gasteiger partial charge in [0.15, 0.2) is 11.4 Å². The fraction of sp³-hybridized carbons (Fsp3) is 0.375. The van der Waals surface area contributed by atoms with Gasteiger partial charge in [0.1, 0.15) is 16.8 Å². The van der Waals surface area contributed by atoms with E-state index in [1.165, 1.54) is 0 Å². The van der Waals surface area contributed by atoms with Gasteiger partial charge in [0.2, 0.25) is 5.95 Å². The summed E-state index contributed by atoms with van der Waals surface area (Å²) in [6.07, 6.45) is 0. The van der Waals surface area contributed by atoms with Crippen LogP contribution in [0.25, 0.3) is 22.1 Å². The summed E-state index contributed by atoms with van der Waals surface area (Å²) in [5.41, 5.74) is 8.07. The van der Waals surface area contributed by atoms with Crippen LogP contribution < -0.4 is 15.4 Å². The van der Waals surface area contributed by atoms with Crippen LogP contribution >= 0.6 is 0 Å². The molecule has 4 rings (SSSR count). The van der Waals surface area contributed by atoms with E-state index in [9.17, 15) is 0 Å². The molecule has 0 aliphatic carbocycles. The number of likely N-dealkylation sites (N-methyl/N-ethyl adjacent to an activating group) is 1. The molecule has 0 unspecified atom stereocenters. The van der Waals surface area contributed by atoms with Crippen LogP contribution in [0, 0.1) is 0 Å². The van der Waals surface area contributed by atoms with E-state index in [-0.39, 0.29) is 5.95 Å². The Morgan fingerprint density at radius 1 is 1.17 bits per heavy atom. The van der Waals surface area contributed by atoms with Crippen LogP contribution in [0.15, 0.2) is 22.6 Å². The van der Waals surface area contributed by atoms with Gasteiger partial charge in [0, 0.05) is 26.2 Å². The number of piperazine rings is 1. The lowest BCUT2D eigenvalue weighted by molar-refractivity contribution is 0.312. The number of ether oxygens (including phenoxy) is 1. The number of nitrogens with two attached hydrogens (primary N) is 1. The van der Waals surface area contributed by atoms with E-state index in [0.29, 0.717) is 11.1 Å². The van der Waals surface area contributed by atoms with Crippen LogP contribution in [-0.2, 0) is 0 Å². The van der Waals surface area contributed by atoms with Gasteiger partial charge in [-0.3, -0.25) is 0 Å². The van der Waals surface area contributed by atoms with Crippen LogP contribution in [-0.4, -0.2) is 55.2 Å². The summed E-state index contributed by atoms with van der Waals surface area (Å²) in [6.45, 7) is 3.73. The second-order valence-corrected chi connectivity index (χ2v) is 5.81. The van der Waals surface area contributed by atoms with Crippen molar-refractivity contribution in [1.82, 2.24) is 14.9 Å². The Morgan fingerprint density at radius 2 is 1.96 bits per heavy atom. The van der Waals surface area contributed by atoms with Crippen molar-refractivity contribution in [3.63, 3.8) is 0 Å². The minimum atomic E-state index is 0.250. The normalized spacial score (nSPS) is 16.3. The third-order valence-corrected chi connectivity index (χ3v) is 4.32. The first-order chi connectivity index (χ1) is 11.2. The molecule has 0 spiro atoms. The summed E-state index contributed by atoms with van der Waals surface area (Å²) >= 11 is 0. The van der Waals surface area contributed by atoms with Crippen molar-refractivity contribution in [2.24, 2.45) is 0 Å². The fourth-order valence-electron chi connectivity index (χ4n) is 3.06. The molecule has 0 atom stereocenters. The number of benzene rings is 1. The van der Waals surface area contributed by atoms with Gasteiger partial charge >= 0.3 is 0 Å². The number of hydrogen-bond donors (Lipinski definition) is 1. The Kier molecular flexibility index (Phi) is 3.23. The largest absolute Gasteiger partial charge is 0.496 e. The first-order valence-corrected chi connectivity index (χ1v) is 7.63. The summed E-state index contributed by atoms with van der Waals surface area (Å²) in [5.74, 6) is 1.74. The lowest BCUT2D eigenvalue weighted by atomic mass is 10.2. The van der Waals surface area contributed by atoms with Crippen molar-refractivity contribution < 1.29 is 9.15 Å². The molecule has 3 heterocycles. The zero-order valence-electron chi connectivity index (χ0n) is 13.2. The molecule has 0 amide bonds. The molecule has 7 heteroatoms. The minimum absolute atomic E-state index is 0.250. The second-order valence-electron chi connectivity index (χ2n) is 5.81. The van der Waals surface area contributed by atoms with E-state index in [0.717, 1.165) is 48.7 Å². The average molecular weight is 313 g/mol. The highest BCUT2D eigenvalue weighted by Crippen LogP contribution is 2.38. The molecular formula is C16H19N5O2. The van der Waals surface area contributed by atoms with E-state index < -0.39 is 0 Å². The van der Waals surface area contributed by atoms with Gasteiger partial charge in [-0.2, -0.15) is 4.98 Å². The van der Waals surface area contributed by atoms with Gasteiger partial charge in [0.05, 0.1) is 12.5 Å². The highest BCUT2D eigenvalue weighted by molar-refractivity contribution is 6.09. The summed E-state index contributed by atoms with van der Waals surface area (Å²) < 4.78 is 11.5. The molecule has 2 N–H and O–H groups in total. The molecule has 120 valence electrons. The number of nitrogens with zero attached hydrogens (tertiary/aromatic N) is 4. The molecular weight excluding hydrogens is 294 g/mol. The zero-order chi connectivity index (χ0) is 16.0. The Morgan fingerprint density at radius 3 is 2.70 bits per heavy atom. The maximum atomic E-state index is 6.05. The summed E-state index contributed by atoms with van der Waals surface area (Å²) in [7, 11) is 3.76. The van der Waals surface area contributed by atoms with E-state index in [1.54, 1.807) is 7.11 Å². The van der Waals surface area contributed by atoms with Crippen molar-refractivity contribution in [3.8, 4) is 5.75 Å². The topological polar surface area (TPSA) is 80.7 Å². The molecule has 1 fully saturated rings. The van der Waals surface area contributed by atoms with Gasteiger partial charge in [0.25, 0.3) is 0 Å². The number of furan rings is 1. The predicted octanol–water partition coefficient (Wildman–Crippen LogP) is 1.72. The SMILES string of the molecule is COc1cccc2oc3c(N4CCN(C)CC4)nc(N)nc3c12. The van der Waals surface area contributed by atoms with Crippen molar-refractivity contribution in [1.29, 1.82) is 0 Å². The van der Waals surface area contributed by atoms with Crippen molar-refractivity contribution in [2.75, 3.05) is 51.0 Å². The summed E-state index contributed by atoms with van der Waals surface area (Å²) in [4.78, 5) is 13.3. The molecule has 0 radical (unpaired) electrons. The molecule has 1 aliphatic heterocycles. The first kappa shape index (κ1) is 14.1. The first-order valence-electron chi connectivity index (χ1n) is 7.63. The van der Waals surface area contributed by atoms with E-state index in [1.807, 2.05) is 18.2 Å². The van der Waals surface area contributed by atoms with Gasteiger partial charge < -0.3 is 24.7 Å². The van der Waals surface area contributed by atoms with Crippen LogP contribution in [0.5, 0.6) is 5.75 Å². The van der Waals surface area contributed by atoms with Gasteiger partial charge in [-0.1, -0.05) is 6.07 Å². The third kappa shape index (κ3) is 2.24. The third-order valence-electron chi connectivity index (χ3n) is 4.32. The summed E-state index contributed by atoms with van der Waals surface area (Å²) in [6, 6.07) is 5.70. The number of hydrogen-bond acceptors (Lipinski definition) is 7. The smallest absolute Gasteiger partial charge is 0.222 e. The number of anilines is 2. The molecule has 3 aromatic rings. The Hall–Kier alpha value is -2.54. The molecule has 0 bridgehead atoms. The molecule has 1 aliphatic rings. The lowest BCUT2D eigenvalue weighted by Gasteiger charge is -2.33. The van der Waals surface area contributed by atoms with Crippen molar-refractivity contribution >= 4 is 33.8 Å². The number of rotatable bonds is 2. The van der Waals surface area contributed by atoms with E-state index in [2.05, 4.69) is 26.8 Å². The maximum absolute atomic E-state index is 6.05. The van der Waals surface area contributed by atoms with Crippen LogP contribution in [0.3, 0.4) is 0 Å². The summed E-state index contributed by atoms with van der Waals surface area (Å²) in [5, 5.41) is 0.842.